The van der Waals surface area contributed by atoms with Crippen molar-refractivity contribution < 1.29 is 9.53 Å². The highest BCUT2D eigenvalue weighted by Gasteiger charge is 2.22. The van der Waals surface area contributed by atoms with Crippen molar-refractivity contribution in [1.82, 2.24) is 19.4 Å². The van der Waals surface area contributed by atoms with Gasteiger partial charge in [0, 0.05) is 30.2 Å². The Bertz CT molecular complexity index is 1480. The highest BCUT2D eigenvalue weighted by Crippen LogP contribution is 2.27. The Morgan fingerprint density at radius 1 is 1.11 bits per heavy atom. The summed E-state index contributed by atoms with van der Waals surface area (Å²) in [5, 5.41) is 13.9. The third-order valence-corrected chi connectivity index (χ3v) is 5.98. The van der Waals surface area contributed by atoms with Gasteiger partial charge in [0.25, 0.3) is 0 Å². The average Bonchev–Trinajstić information content (AvgIpc) is 3.19. The minimum absolute atomic E-state index is 0.248. The lowest BCUT2D eigenvalue weighted by atomic mass is 10.1. The van der Waals surface area contributed by atoms with E-state index in [0.29, 0.717) is 29.6 Å². The molecule has 2 heterocycles. The van der Waals surface area contributed by atoms with Crippen LogP contribution >= 0.6 is 0 Å². The first-order chi connectivity index (χ1) is 17.6. The predicted octanol–water partition coefficient (Wildman–Crippen LogP) is 5.89. The van der Waals surface area contributed by atoms with Gasteiger partial charge in [-0.05, 0) is 58.4 Å². The summed E-state index contributed by atoms with van der Waals surface area (Å²) in [5.41, 5.74) is 4.42. The van der Waals surface area contributed by atoms with Gasteiger partial charge in [-0.25, -0.2) is 9.78 Å². The van der Waals surface area contributed by atoms with E-state index >= 15 is 0 Å². The molecule has 1 N–H and O–H groups in total. The van der Waals surface area contributed by atoms with E-state index in [-0.39, 0.29) is 6.54 Å². The van der Waals surface area contributed by atoms with Gasteiger partial charge in [0.05, 0.1) is 29.4 Å². The second kappa shape index (κ2) is 10.3. The normalized spacial score (nSPS) is 11.3. The summed E-state index contributed by atoms with van der Waals surface area (Å²) in [6, 6.07) is 19.9. The second-order valence-electron chi connectivity index (χ2n) is 10.1. The van der Waals surface area contributed by atoms with Crippen molar-refractivity contribution in [2.24, 2.45) is 0 Å². The molecule has 2 aromatic heterocycles. The van der Waals surface area contributed by atoms with E-state index in [1.165, 1.54) is 4.90 Å². The van der Waals surface area contributed by atoms with Crippen LogP contribution in [0.1, 0.15) is 48.8 Å². The number of fused-ring (bicyclic) bond motifs is 1. The van der Waals surface area contributed by atoms with Gasteiger partial charge in [-0.1, -0.05) is 36.4 Å². The molecule has 0 saturated carbocycles. The molecule has 2 aromatic carbocycles. The summed E-state index contributed by atoms with van der Waals surface area (Å²) in [6.45, 7) is 10.3. The number of nitrogens with one attached hydrogen (secondary N) is 1. The van der Waals surface area contributed by atoms with E-state index in [1.54, 1.807) is 13.1 Å². The average molecular weight is 497 g/mol. The Morgan fingerprint density at radius 2 is 1.84 bits per heavy atom. The second-order valence-corrected chi connectivity index (χ2v) is 10.1. The fourth-order valence-electron chi connectivity index (χ4n) is 4.11. The maximum absolute atomic E-state index is 12.7. The zero-order chi connectivity index (χ0) is 26.7. The molecule has 0 aliphatic heterocycles. The molecule has 0 radical (unpaired) electrons. The molecule has 0 unspecified atom stereocenters. The van der Waals surface area contributed by atoms with Crippen LogP contribution in [0.2, 0.25) is 0 Å². The number of carbonyl (C=O) groups excluding carboxylic acids is 1. The van der Waals surface area contributed by atoms with E-state index in [0.717, 1.165) is 27.7 Å². The topological polar surface area (TPSA) is 96.1 Å². The van der Waals surface area contributed by atoms with Crippen molar-refractivity contribution in [2.45, 2.75) is 53.3 Å². The van der Waals surface area contributed by atoms with Crippen LogP contribution in [0.5, 0.6) is 0 Å². The Labute approximate surface area is 217 Å². The lowest BCUT2D eigenvalue weighted by molar-refractivity contribution is 0.0283. The molecule has 0 aliphatic carbocycles. The summed E-state index contributed by atoms with van der Waals surface area (Å²) in [7, 11) is 1.70. The Balaban J connectivity index is 1.79. The molecule has 0 bridgehead atoms. The number of benzene rings is 2. The number of amides is 1. The molecular formula is C29H32N6O2. The van der Waals surface area contributed by atoms with E-state index in [4.69, 9.17) is 14.7 Å². The first-order valence-corrected chi connectivity index (χ1v) is 12.2. The van der Waals surface area contributed by atoms with Gasteiger partial charge in [-0.3, -0.25) is 4.57 Å². The van der Waals surface area contributed by atoms with Crippen LogP contribution in [0.3, 0.4) is 0 Å². The fraction of sp³-hybridized carbons (Fsp3) is 0.310. The summed E-state index contributed by atoms with van der Waals surface area (Å²) in [5.74, 6) is 1.15. The minimum atomic E-state index is -0.598. The van der Waals surface area contributed by atoms with Crippen molar-refractivity contribution in [3.63, 3.8) is 0 Å². The van der Waals surface area contributed by atoms with E-state index in [2.05, 4.69) is 23.5 Å². The lowest BCUT2D eigenvalue weighted by Gasteiger charge is -2.25. The summed E-state index contributed by atoms with van der Waals surface area (Å²) >= 11 is 0. The number of carbonyl (C=O) groups is 1. The van der Waals surface area contributed by atoms with Crippen LogP contribution in [-0.2, 0) is 17.8 Å². The molecule has 0 aliphatic rings. The molecular weight excluding hydrogens is 464 g/mol. The number of hydrogen-bond acceptors (Lipinski definition) is 6. The molecule has 37 heavy (non-hydrogen) atoms. The molecule has 8 heteroatoms. The van der Waals surface area contributed by atoms with Crippen molar-refractivity contribution >= 4 is 22.8 Å². The largest absolute Gasteiger partial charge is 0.444 e. The van der Waals surface area contributed by atoms with Crippen LogP contribution in [0, 0.1) is 25.2 Å². The molecule has 0 saturated heterocycles. The highest BCUT2D eigenvalue weighted by atomic mass is 16.6. The number of aromatic nitrogens is 3. The van der Waals surface area contributed by atoms with Crippen LogP contribution < -0.4 is 5.32 Å². The maximum atomic E-state index is 12.7. The van der Waals surface area contributed by atoms with Crippen LogP contribution in [0.15, 0.2) is 54.6 Å². The third-order valence-electron chi connectivity index (χ3n) is 5.98. The first kappa shape index (κ1) is 25.7. The number of nitriles is 1. The molecule has 0 spiro atoms. The number of anilines is 1. The molecule has 4 rings (SSSR count). The molecule has 0 atom stereocenters. The summed E-state index contributed by atoms with van der Waals surface area (Å²) in [4.78, 5) is 24.0. The van der Waals surface area contributed by atoms with E-state index in [1.807, 2.05) is 75.6 Å². The van der Waals surface area contributed by atoms with Crippen molar-refractivity contribution in [2.75, 3.05) is 12.4 Å². The highest BCUT2D eigenvalue weighted by molar-refractivity contribution is 5.88. The van der Waals surface area contributed by atoms with Gasteiger partial charge < -0.3 is 15.0 Å². The predicted molar refractivity (Wildman–Crippen MR) is 145 cm³/mol. The molecule has 8 nitrogen and oxygen atoms in total. The molecule has 1 amide bonds. The molecule has 4 aromatic rings. The number of nitrogens with zero attached hydrogens (tertiary/aromatic N) is 5. The van der Waals surface area contributed by atoms with Crippen LogP contribution in [-0.4, -0.2) is 38.2 Å². The summed E-state index contributed by atoms with van der Waals surface area (Å²) in [6.07, 6.45) is -0.424. The lowest BCUT2D eigenvalue weighted by Crippen LogP contribution is -2.34. The van der Waals surface area contributed by atoms with Gasteiger partial charge in [0.1, 0.15) is 11.4 Å². The van der Waals surface area contributed by atoms with Gasteiger partial charge >= 0.3 is 6.09 Å². The number of aryl methyl sites for hydroxylation is 1. The standard InChI is InChI=1S/C29H32N6O2/c1-19-15-23-22(16-30)13-10-14-25(23)35(19)27-32-24(18-34(6)28(36)37-29(3,4)5)20(2)26(33-27)31-17-21-11-8-7-9-12-21/h7-15H,17-18H2,1-6H3,(H,31,32,33). The SMILES string of the molecule is Cc1c(CN(C)C(=O)OC(C)(C)C)nc(-n2c(C)cc3c(C#N)cccc32)nc1NCc1ccccc1. The van der Waals surface area contributed by atoms with Crippen LogP contribution in [0.25, 0.3) is 16.9 Å². The Morgan fingerprint density at radius 3 is 2.51 bits per heavy atom. The zero-order valence-corrected chi connectivity index (χ0v) is 22.2. The van der Waals surface area contributed by atoms with E-state index in [9.17, 15) is 10.1 Å². The zero-order valence-electron chi connectivity index (χ0n) is 22.2. The maximum Gasteiger partial charge on any atom is 0.410 e. The van der Waals surface area contributed by atoms with Crippen molar-refractivity contribution in [3.05, 3.63) is 82.7 Å². The Kier molecular flexibility index (Phi) is 7.16. The minimum Gasteiger partial charge on any atom is -0.444 e. The van der Waals surface area contributed by atoms with E-state index < -0.39 is 11.7 Å². The number of ether oxygens (including phenoxy) is 1. The molecule has 190 valence electrons. The number of hydrogen-bond donors (Lipinski definition) is 1. The number of rotatable bonds is 6. The smallest absolute Gasteiger partial charge is 0.410 e. The fourth-order valence-corrected chi connectivity index (χ4v) is 4.11. The van der Waals surface area contributed by atoms with Gasteiger partial charge in [0.2, 0.25) is 5.95 Å². The monoisotopic (exact) mass is 496 g/mol. The Hall–Kier alpha value is -4.38. The van der Waals surface area contributed by atoms with Gasteiger partial charge in [0.15, 0.2) is 0 Å². The molecule has 0 fully saturated rings. The van der Waals surface area contributed by atoms with Crippen molar-refractivity contribution in [3.8, 4) is 12.0 Å². The first-order valence-electron chi connectivity index (χ1n) is 12.2. The van der Waals surface area contributed by atoms with Crippen LogP contribution in [0.4, 0.5) is 10.6 Å². The van der Waals surface area contributed by atoms with Crippen molar-refractivity contribution in [1.29, 1.82) is 5.26 Å². The van der Waals surface area contributed by atoms with Gasteiger partial charge in [-0.2, -0.15) is 10.2 Å². The third kappa shape index (κ3) is 5.72. The quantitative estimate of drug-likeness (QED) is 0.358. The van der Waals surface area contributed by atoms with Gasteiger partial charge in [-0.15, -0.1) is 0 Å². The summed E-state index contributed by atoms with van der Waals surface area (Å²) < 4.78 is 7.49.